The molecule has 0 saturated heterocycles. The number of nitrogens with zero attached hydrogens (tertiary/aromatic N) is 3. The van der Waals surface area contributed by atoms with E-state index in [2.05, 4.69) is 44.5 Å². The number of halogens is 1. The topological polar surface area (TPSA) is 92.0 Å². The first-order valence-corrected chi connectivity index (χ1v) is 8.28. The maximum absolute atomic E-state index is 5.99. The predicted molar refractivity (Wildman–Crippen MR) is 117 cm³/mol. The molecule has 0 bridgehead atoms. The molecule has 1 heterocycles. The van der Waals surface area contributed by atoms with E-state index in [1.807, 2.05) is 43.3 Å². The molecule has 0 fully saturated rings. The SMILES string of the molecule is CCc1ccc(NC(N)=NCc2cccc(-c3n[nH]c(C)n3)c2)cc1.I. The largest absolute Gasteiger partial charge is 0.370 e. The van der Waals surface area contributed by atoms with Gasteiger partial charge in [-0.3, -0.25) is 5.10 Å². The van der Waals surface area contributed by atoms with E-state index in [-0.39, 0.29) is 24.0 Å². The molecule has 3 aromatic rings. The molecule has 0 aliphatic carbocycles. The molecule has 3 rings (SSSR count). The minimum absolute atomic E-state index is 0. The number of hydrogen-bond acceptors (Lipinski definition) is 3. The molecule has 0 radical (unpaired) electrons. The molecule has 2 aromatic carbocycles. The Kier molecular flexibility index (Phi) is 7.14. The fraction of sp³-hybridized carbons (Fsp3) is 0.211. The third-order valence-corrected chi connectivity index (χ3v) is 3.85. The zero-order chi connectivity index (χ0) is 17.6. The molecule has 0 saturated carbocycles. The number of H-pyrrole nitrogens is 1. The summed E-state index contributed by atoms with van der Waals surface area (Å²) in [6.07, 6.45) is 1.02. The van der Waals surface area contributed by atoms with Crippen molar-refractivity contribution in [1.82, 2.24) is 15.2 Å². The minimum atomic E-state index is 0. The first kappa shape index (κ1) is 19.9. The molecule has 136 valence electrons. The summed E-state index contributed by atoms with van der Waals surface area (Å²) in [5, 5.41) is 10.1. The highest BCUT2D eigenvalue weighted by molar-refractivity contribution is 14.0. The number of nitrogens with two attached hydrogens (primary N) is 1. The van der Waals surface area contributed by atoms with Crippen molar-refractivity contribution >= 4 is 35.6 Å². The summed E-state index contributed by atoms with van der Waals surface area (Å²) in [6.45, 7) is 4.50. The van der Waals surface area contributed by atoms with Crippen LogP contribution < -0.4 is 11.1 Å². The number of aryl methyl sites for hydroxylation is 2. The van der Waals surface area contributed by atoms with Gasteiger partial charge in [0, 0.05) is 11.3 Å². The van der Waals surface area contributed by atoms with Gasteiger partial charge in [-0.25, -0.2) is 9.98 Å². The molecule has 0 spiro atoms. The summed E-state index contributed by atoms with van der Waals surface area (Å²) < 4.78 is 0. The van der Waals surface area contributed by atoms with Crippen LogP contribution in [0.4, 0.5) is 5.69 Å². The molecule has 1 aromatic heterocycles. The number of aromatic amines is 1. The molecule has 0 aliphatic rings. The molecule has 6 nitrogen and oxygen atoms in total. The van der Waals surface area contributed by atoms with Crippen molar-refractivity contribution < 1.29 is 0 Å². The first-order valence-electron chi connectivity index (χ1n) is 8.28. The summed E-state index contributed by atoms with van der Waals surface area (Å²) in [7, 11) is 0. The Morgan fingerprint density at radius 1 is 1.15 bits per heavy atom. The van der Waals surface area contributed by atoms with Gasteiger partial charge in [-0.05, 0) is 42.7 Å². The second-order valence-corrected chi connectivity index (χ2v) is 5.82. The fourth-order valence-corrected chi connectivity index (χ4v) is 2.47. The highest BCUT2D eigenvalue weighted by atomic mass is 127. The van der Waals surface area contributed by atoms with E-state index < -0.39 is 0 Å². The summed E-state index contributed by atoms with van der Waals surface area (Å²) in [5.74, 6) is 1.87. The van der Waals surface area contributed by atoms with E-state index in [0.29, 0.717) is 18.3 Å². The van der Waals surface area contributed by atoms with Crippen LogP contribution in [-0.4, -0.2) is 21.1 Å². The molecule has 7 heteroatoms. The van der Waals surface area contributed by atoms with Crippen LogP contribution in [0.3, 0.4) is 0 Å². The average Bonchev–Trinajstić information content (AvgIpc) is 3.07. The van der Waals surface area contributed by atoms with Crippen LogP contribution in [-0.2, 0) is 13.0 Å². The van der Waals surface area contributed by atoms with Crippen molar-refractivity contribution in [3.8, 4) is 11.4 Å². The number of aliphatic imine (C=N–C) groups is 1. The van der Waals surface area contributed by atoms with Crippen molar-refractivity contribution in [2.45, 2.75) is 26.8 Å². The summed E-state index contributed by atoms with van der Waals surface area (Å²) in [5.41, 5.74) is 10.2. The summed E-state index contributed by atoms with van der Waals surface area (Å²) >= 11 is 0. The van der Waals surface area contributed by atoms with Gasteiger partial charge in [0.05, 0.1) is 6.54 Å². The zero-order valence-electron chi connectivity index (χ0n) is 14.9. The van der Waals surface area contributed by atoms with Crippen molar-refractivity contribution in [3.63, 3.8) is 0 Å². The van der Waals surface area contributed by atoms with E-state index >= 15 is 0 Å². The Balaban J connectivity index is 0.00000243. The maximum Gasteiger partial charge on any atom is 0.193 e. The van der Waals surface area contributed by atoms with Crippen LogP contribution in [0.2, 0.25) is 0 Å². The van der Waals surface area contributed by atoms with E-state index in [9.17, 15) is 0 Å². The molecular formula is C19H23IN6. The second kappa shape index (κ2) is 9.33. The van der Waals surface area contributed by atoms with Crippen LogP contribution in [0.1, 0.15) is 23.9 Å². The van der Waals surface area contributed by atoms with Gasteiger partial charge >= 0.3 is 0 Å². The maximum atomic E-state index is 5.99. The monoisotopic (exact) mass is 462 g/mol. The van der Waals surface area contributed by atoms with Gasteiger partial charge in [-0.15, -0.1) is 24.0 Å². The molecule has 4 N–H and O–H groups in total. The van der Waals surface area contributed by atoms with Crippen LogP contribution in [0, 0.1) is 6.92 Å². The van der Waals surface area contributed by atoms with Crippen molar-refractivity contribution in [1.29, 1.82) is 0 Å². The lowest BCUT2D eigenvalue weighted by Crippen LogP contribution is -2.22. The van der Waals surface area contributed by atoms with Gasteiger partial charge in [-0.2, -0.15) is 5.10 Å². The van der Waals surface area contributed by atoms with Crippen molar-refractivity contribution in [2.75, 3.05) is 5.32 Å². The van der Waals surface area contributed by atoms with E-state index in [0.717, 1.165) is 29.1 Å². The third kappa shape index (κ3) is 5.29. The lowest BCUT2D eigenvalue weighted by Gasteiger charge is -2.07. The van der Waals surface area contributed by atoms with Crippen LogP contribution >= 0.6 is 24.0 Å². The number of rotatable bonds is 5. The van der Waals surface area contributed by atoms with Gasteiger partial charge in [-0.1, -0.05) is 37.3 Å². The number of aromatic nitrogens is 3. The normalized spacial score (nSPS) is 11.1. The second-order valence-electron chi connectivity index (χ2n) is 5.82. The van der Waals surface area contributed by atoms with Crippen LogP contribution in [0.5, 0.6) is 0 Å². The Bertz CT molecular complexity index is 870. The lowest BCUT2D eigenvalue weighted by molar-refractivity contribution is 1.04. The lowest BCUT2D eigenvalue weighted by atomic mass is 10.1. The fourth-order valence-electron chi connectivity index (χ4n) is 2.47. The highest BCUT2D eigenvalue weighted by Crippen LogP contribution is 2.17. The van der Waals surface area contributed by atoms with Gasteiger partial charge in [0.2, 0.25) is 0 Å². The quantitative estimate of drug-likeness (QED) is 0.305. The Labute approximate surface area is 170 Å². The molecule has 0 aliphatic heterocycles. The van der Waals surface area contributed by atoms with Gasteiger partial charge in [0.1, 0.15) is 5.82 Å². The molecule has 0 amide bonds. The van der Waals surface area contributed by atoms with E-state index in [1.165, 1.54) is 5.56 Å². The Morgan fingerprint density at radius 2 is 1.92 bits per heavy atom. The van der Waals surface area contributed by atoms with Crippen LogP contribution in [0.25, 0.3) is 11.4 Å². The summed E-state index contributed by atoms with van der Waals surface area (Å²) in [6, 6.07) is 16.2. The molecular weight excluding hydrogens is 439 g/mol. The van der Waals surface area contributed by atoms with Gasteiger partial charge in [0.25, 0.3) is 0 Å². The Hall–Kier alpha value is -2.42. The first-order chi connectivity index (χ1) is 12.1. The predicted octanol–water partition coefficient (Wildman–Crippen LogP) is 3.89. The molecule has 0 atom stereocenters. The van der Waals surface area contributed by atoms with E-state index in [1.54, 1.807) is 0 Å². The smallest absolute Gasteiger partial charge is 0.193 e. The number of anilines is 1. The highest BCUT2D eigenvalue weighted by Gasteiger charge is 2.04. The standard InChI is InChI=1S/C19H22N6.HI/c1-3-14-7-9-17(10-8-14)23-19(20)21-12-15-5-4-6-16(11-15)18-22-13(2)24-25-18;/h4-11H,3,12H2,1-2H3,(H3,20,21,23)(H,22,24,25);1H. The third-order valence-electron chi connectivity index (χ3n) is 3.85. The Morgan fingerprint density at radius 3 is 2.58 bits per heavy atom. The van der Waals surface area contributed by atoms with Gasteiger partial charge in [0.15, 0.2) is 11.8 Å². The number of hydrogen-bond donors (Lipinski definition) is 3. The molecule has 26 heavy (non-hydrogen) atoms. The van der Waals surface area contributed by atoms with Gasteiger partial charge < -0.3 is 11.1 Å². The van der Waals surface area contributed by atoms with Crippen molar-refractivity contribution in [2.24, 2.45) is 10.7 Å². The minimum Gasteiger partial charge on any atom is -0.370 e. The average molecular weight is 462 g/mol. The number of guanidine groups is 1. The zero-order valence-corrected chi connectivity index (χ0v) is 17.2. The summed E-state index contributed by atoms with van der Waals surface area (Å²) in [4.78, 5) is 8.75. The number of nitrogens with one attached hydrogen (secondary N) is 2. The van der Waals surface area contributed by atoms with Crippen molar-refractivity contribution in [3.05, 3.63) is 65.5 Å². The number of benzene rings is 2. The van der Waals surface area contributed by atoms with Crippen LogP contribution in [0.15, 0.2) is 53.5 Å². The molecule has 0 unspecified atom stereocenters. The van der Waals surface area contributed by atoms with E-state index in [4.69, 9.17) is 5.73 Å².